The van der Waals surface area contributed by atoms with Crippen LogP contribution in [0.25, 0.3) is 11.4 Å². The minimum Gasteiger partial charge on any atom is -0.340 e. The molecule has 0 aliphatic carbocycles. The molecule has 0 aliphatic heterocycles. The predicted octanol–water partition coefficient (Wildman–Crippen LogP) is 2.86. The zero-order valence-corrected chi connectivity index (χ0v) is 15.3. The minimum atomic E-state index is -0.373. The molecule has 1 heterocycles. The maximum Gasteiger partial charge on any atom is 0.246 e. The minimum absolute atomic E-state index is 0.0261. The fraction of sp³-hybridized carbons (Fsp3) is 0.222. The van der Waals surface area contributed by atoms with Crippen LogP contribution in [0.5, 0.6) is 0 Å². The molecule has 0 atom stereocenters. The van der Waals surface area contributed by atoms with E-state index in [-0.39, 0.29) is 24.1 Å². The van der Waals surface area contributed by atoms with Crippen LogP contribution in [-0.2, 0) is 17.9 Å². The van der Waals surface area contributed by atoms with Crippen LogP contribution in [0.3, 0.4) is 0 Å². The number of likely N-dealkylation sites (N-methyl/N-ethyl adjacent to an activating group) is 1. The fourth-order valence-electron chi connectivity index (χ4n) is 2.39. The third kappa shape index (κ3) is 4.45. The molecule has 8 heteroatoms. The Bertz CT molecular complexity index is 897. The third-order valence-electron chi connectivity index (χ3n) is 3.82. The summed E-state index contributed by atoms with van der Waals surface area (Å²) in [5, 5.41) is 11.9. The monoisotopic (exact) mass is 371 g/mol. The fourth-order valence-corrected chi connectivity index (χ4v) is 2.80. The first-order valence-corrected chi connectivity index (χ1v) is 9.18. The number of thioether (sulfide) groups is 1. The van der Waals surface area contributed by atoms with Gasteiger partial charge in [-0.15, -0.1) is 22.0 Å². The van der Waals surface area contributed by atoms with Crippen molar-refractivity contribution in [3.8, 4) is 11.4 Å². The van der Waals surface area contributed by atoms with Gasteiger partial charge < -0.3 is 4.90 Å². The number of hydrogen-bond acceptors (Lipinski definition) is 5. The molecule has 6 nitrogen and oxygen atoms in total. The summed E-state index contributed by atoms with van der Waals surface area (Å²) in [7, 11) is 1.73. The Morgan fingerprint density at radius 3 is 2.69 bits per heavy atom. The highest BCUT2D eigenvalue weighted by atomic mass is 32.2. The lowest BCUT2D eigenvalue weighted by Crippen LogP contribution is -2.30. The van der Waals surface area contributed by atoms with Crippen LogP contribution in [-0.4, -0.2) is 44.3 Å². The van der Waals surface area contributed by atoms with E-state index >= 15 is 0 Å². The number of halogens is 1. The molecule has 3 rings (SSSR count). The van der Waals surface area contributed by atoms with E-state index in [4.69, 9.17) is 0 Å². The molecular weight excluding hydrogens is 353 g/mol. The number of amides is 1. The van der Waals surface area contributed by atoms with E-state index < -0.39 is 0 Å². The Kier molecular flexibility index (Phi) is 5.62. The smallest absolute Gasteiger partial charge is 0.246 e. The van der Waals surface area contributed by atoms with Gasteiger partial charge in [-0.25, -0.2) is 4.39 Å². The molecule has 134 valence electrons. The first-order chi connectivity index (χ1) is 12.5. The van der Waals surface area contributed by atoms with Crippen molar-refractivity contribution in [1.82, 2.24) is 25.1 Å². The first-order valence-electron chi connectivity index (χ1n) is 7.96. The summed E-state index contributed by atoms with van der Waals surface area (Å²) in [5.74, 6) is -0.225. The largest absolute Gasteiger partial charge is 0.340 e. The SMILES string of the molecule is CSc1ccc(CN(C)C(=O)Cn2nnc(-c3cccc(F)c3)n2)cc1. The Morgan fingerprint density at radius 2 is 2.00 bits per heavy atom. The summed E-state index contributed by atoms with van der Waals surface area (Å²) in [5.41, 5.74) is 1.57. The molecule has 0 radical (unpaired) electrons. The molecule has 26 heavy (non-hydrogen) atoms. The number of aromatic nitrogens is 4. The molecular formula is C18H18FN5OS. The van der Waals surface area contributed by atoms with E-state index in [1.807, 2.05) is 30.5 Å². The lowest BCUT2D eigenvalue weighted by molar-refractivity contribution is -0.131. The van der Waals surface area contributed by atoms with Gasteiger partial charge in [-0.2, -0.15) is 4.80 Å². The number of carbonyl (C=O) groups is 1. The van der Waals surface area contributed by atoms with Crippen molar-refractivity contribution >= 4 is 17.7 Å². The number of benzene rings is 2. The number of hydrogen-bond donors (Lipinski definition) is 0. The maximum absolute atomic E-state index is 13.3. The zero-order valence-electron chi connectivity index (χ0n) is 14.5. The first kappa shape index (κ1) is 18.1. The molecule has 0 saturated heterocycles. The Labute approximate surface area is 155 Å². The molecule has 0 spiro atoms. The lowest BCUT2D eigenvalue weighted by atomic mass is 10.2. The van der Waals surface area contributed by atoms with Crippen molar-refractivity contribution in [2.75, 3.05) is 13.3 Å². The van der Waals surface area contributed by atoms with Gasteiger partial charge in [0, 0.05) is 24.1 Å². The summed E-state index contributed by atoms with van der Waals surface area (Å²) in [6, 6.07) is 14.0. The standard InChI is InChI=1S/C18H18FN5OS/c1-23(11-13-6-8-16(26-2)9-7-13)17(25)12-24-21-18(20-22-24)14-4-3-5-15(19)10-14/h3-10H,11-12H2,1-2H3. The molecule has 0 N–H and O–H groups in total. The van der Waals surface area contributed by atoms with Crippen LogP contribution in [0.2, 0.25) is 0 Å². The Morgan fingerprint density at radius 1 is 1.23 bits per heavy atom. The highest BCUT2D eigenvalue weighted by Crippen LogP contribution is 2.16. The van der Waals surface area contributed by atoms with Crippen molar-refractivity contribution < 1.29 is 9.18 Å². The number of tetrazole rings is 1. The summed E-state index contributed by atoms with van der Waals surface area (Å²) >= 11 is 1.67. The van der Waals surface area contributed by atoms with Gasteiger partial charge in [0.15, 0.2) is 0 Å². The van der Waals surface area contributed by atoms with Gasteiger partial charge in [0.2, 0.25) is 11.7 Å². The molecule has 2 aromatic carbocycles. The summed E-state index contributed by atoms with van der Waals surface area (Å²) < 4.78 is 13.3. The van der Waals surface area contributed by atoms with Crippen molar-refractivity contribution in [3.63, 3.8) is 0 Å². The van der Waals surface area contributed by atoms with Crippen molar-refractivity contribution in [3.05, 3.63) is 59.9 Å². The van der Waals surface area contributed by atoms with Gasteiger partial charge in [0.1, 0.15) is 12.4 Å². The molecule has 1 aromatic heterocycles. The number of rotatable bonds is 6. The summed E-state index contributed by atoms with van der Waals surface area (Å²) in [6.45, 7) is 0.473. The van der Waals surface area contributed by atoms with E-state index in [9.17, 15) is 9.18 Å². The van der Waals surface area contributed by atoms with Gasteiger partial charge in [-0.05, 0) is 41.3 Å². The second-order valence-electron chi connectivity index (χ2n) is 5.75. The zero-order chi connectivity index (χ0) is 18.5. The van der Waals surface area contributed by atoms with Crippen LogP contribution < -0.4 is 0 Å². The summed E-state index contributed by atoms with van der Waals surface area (Å²) in [6.07, 6.45) is 2.02. The quantitative estimate of drug-likeness (QED) is 0.624. The van der Waals surface area contributed by atoms with E-state index in [2.05, 4.69) is 15.4 Å². The van der Waals surface area contributed by atoms with Crippen LogP contribution in [0.15, 0.2) is 53.4 Å². The maximum atomic E-state index is 13.3. The average Bonchev–Trinajstić information content (AvgIpc) is 3.11. The number of nitrogens with zero attached hydrogens (tertiary/aromatic N) is 5. The second-order valence-corrected chi connectivity index (χ2v) is 6.63. The molecule has 0 saturated carbocycles. The molecule has 1 amide bonds. The highest BCUT2D eigenvalue weighted by Gasteiger charge is 2.13. The highest BCUT2D eigenvalue weighted by molar-refractivity contribution is 7.98. The van der Waals surface area contributed by atoms with Gasteiger partial charge in [-0.3, -0.25) is 4.79 Å². The Balaban J connectivity index is 1.62. The van der Waals surface area contributed by atoms with Crippen molar-refractivity contribution in [2.24, 2.45) is 0 Å². The third-order valence-corrected chi connectivity index (χ3v) is 4.56. The molecule has 0 unspecified atom stereocenters. The predicted molar refractivity (Wildman–Crippen MR) is 97.9 cm³/mol. The van der Waals surface area contributed by atoms with Gasteiger partial charge in [-0.1, -0.05) is 24.3 Å². The topological polar surface area (TPSA) is 63.9 Å². The van der Waals surface area contributed by atoms with Crippen LogP contribution in [0.4, 0.5) is 4.39 Å². The molecule has 0 aliphatic rings. The van der Waals surface area contributed by atoms with E-state index in [0.717, 1.165) is 5.56 Å². The van der Waals surface area contributed by atoms with E-state index in [1.54, 1.807) is 35.8 Å². The van der Waals surface area contributed by atoms with E-state index in [1.165, 1.54) is 21.8 Å². The van der Waals surface area contributed by atoms with E-state index in [0.29, 0.717) is 12.1 Å². The Hall–Kier alpha value is -2.74. The van der Waals surface area contributed by atoms with Gasteiger partial charge >= 0.3 is 0 Å². The number of carbonyl (C=O) groups excluding carboxylic acids is 1. The van der Waals surface area contributed by atoms with Crippen molar-refractivity contribution in [1.29, 1.82) is 0 Å². The van der Waals surface area contributed by atoms with Crippen LogP contribution in [0.1, 0.15) is 5.56 Å². The molecule has 0 fully saturated rings. The van der Waals surface area contributed by atoms with Gasteiger partial charge in [0.25, 0.3) is 0 Å². The normalized spacial score (nSPS) is 10.7. The van der Waals surface area contributed by atoms with Crippen LogP contribution in [0, 0.1) is 5.82 Å². The molecule has 0 bridgehead atoms. The van der Waals surface area contributed by atoms with Crippen molar-refractivity contribution in [2.45, 2.75) is 18.0 Å². The van der Waals surface area contributed by atoms with Gasteiger partial charge in [0.05, 0.1) is 0 Å². The van der Waals surface area contributed by atoms with Crippen LogP contribution >= 0.6 is 11.8 Å². The summed E-state index contributed by atoms with van der Waals surface area (Å²) in [4.78, 5) is 16.4. The average molecular weight is 371 g/mol. The molecule has 3 aromatic rings. The second kappa shape index (κ2) is 8.09. The lowest BCUT2D eigenvalue weighted by Gasteiger charge is -2.16.